The summed E-state index contributed by atoms with van der Waals surface area (Å²) in [6, 6.07) is 17.3. The van der Waals surface area contributed by atoms with Crippen LogP contribution in [0.1, 0.15) is 11.1 Å². The molecule has 21 heavy (non-hydrogen) atoms. The summed E-state index contributed by atoms with van der Waals surface area (Å²) in [6.07, 6.45) is -0.726. The molecule has 4 heteroatoms. The smallest absolute Gasteiger partial charge is 0.0892 e. The van der Waals surface area contributed by atoms with E-state index in [1.54, 1.807) is 0 Å². The highest BCUT2D eigenvalue weighted by molar-refractivity contribution is 7.85. The maximum absolute atomic E-state index is 12.1. The minimum absolute atomic E-state index is 0.187. The molecule has 0 heterocycles. The van der Waals surface area contributed by atoms with Crippen LogP contribution < -0.4 is 0 Å². The predicted octanol–water partition coefficient (Wildman–Crippen LogP) is 2.68. The van der Waals surface area contributed by atoms with Crippen LogP contribution in [0.2, 0.25) is 0 Å². The summed E-state index contributed by atoms with van der Waals surface area (Å²) in [5.41, 5.74) is 2.19. The van der Waals surface area contributed by atoms with Crippen molar-refractivity contribution in [1.29, 1.82) is 0 Å². The van der Waals surface area contributed by atoms with Crippen molar-refractivity contribution in [3.05, 3.63) is 65.7 Å². The third kappa shape index (κ3) is 5.42. The molecule has 0 saturated heterocycles. The predicted molar refractivity (Wildman–Crippen MR) is 84.6 cm³/mol. The first kappa shape index (κ1) is 15.9. The highest BCUT2D eigenvalue weighted by atomic mass is 32.2. The second kappa shape index (κ2) is 8.08. The van der Waals surface area contributed by atoms with E-state index in [1.807, 2.05) is 61.5 Å². The fourth-order valence-electron chi connectivity index (χ4n) is 1.90. The quantitative estimate of drug-likeness (QED) is 0.855. The van der Waals surface area contributed by atoms with E-state index in [2.05, 4.69) is 0 Å². The van der Waals surface area contributed by atoms with Crippen molar-refractivity contribution in [2.75, 3.05) is 12.4 Å². The van der Waals surface area contributed by atoms with Gasteiger partial charge in [0.2, 0.25) is 0 Å². The van der Waals surface area contributed by atoms with Crippen LogP contribution in [-0.4, -0.2) is 27.8 Å². The molecule has 1 N–H and O–H groups in total. The average Bonchev–Trinajstić information content (AvgIpc) is 2.49. The Labute approximate surface area is 128 Å². The molecule has 0 fully saturated rings. The molecule has 2 rings (SSSR count). The van der Waals surface area contributed by atoms with Crippen LogP contribution in [0.3, 0.4) is 0 Å². The molecule has 2 atom stereocenters. The minimum Gasteiger partial charge on any atom is -0.390 e. The maximum Gasteiger partial charge on any atom is 0.0892 e. The van der Waals surface area contributed by atoms with Crippen molar-refractivity contribution < 1.29 is 14.1 Å². The second-order valence-corrected chi connectivity index (χ2v) is 6.48. The fraction of sp³-hybridized carbons (Fsp3) is 0.294. The number of aliphatic hydroxyl groups is 1. The molecule has 0 amide bonds. The molecular formula is C17H20O3S. The number of aryl methyl sites for hydroxylation is 1. The lowest BCUT2D eigenvalue weighted by atomic mass is 10.2. The van der Waals surface area contributed by atoms with Crippen LogP contribution in [0.25, 0.3) is 0 Å². The summed E-state index contributed by atoms with van der Waals surface area (Å²) in [5.74, 6) is 0.192. The Hall–Kier alpha value is -1.49. The summed E-state index contributed by atoms with van der Waals surface area (Å²) in [6.45, 7) is 2.63. The molecule has 0 bridgehead atoms. The molecule has 3 nitrogen and oxygen atoms in total. The van der Waals surface area contributed by atoms with Crippen molar-refractivity contribution in [3.63, 3.8) is 0 Å². The van der Waals surface area contributed by atoms with Crippen LogP contribution in [0.5, 0.6) is 0 Å². The zero-order chi connectivity index (χ0) is 15.1. The number of rotatable bonds is 7. The lowest BCUT2D eigenvalue weighted by Crippen LogP contribution is -2.22. The number of ether oxygens (including phenoxy) is 1. The summed E-state index contributed by atoms with van der Waals surface area (Å²) in [7, 11) is -1.20. The first-order valence-electron chi connectivity index (χ1n) is 6.90. The van der Waals surface area contributed by atoms with Gasteiger partial charge in [-0.25, -0.2) is 0 Å². The minimum atomic E-state index is -1.20. The van der Waals surface area contributed by atoms with Gasteiger partial charge in [0, 0.05) is 4.90 Å². The van der Waals surface area contributed by atoms with Crippen molar-refractivity contribution in [2.24, 2.45) is 0 Å². The van der Waals surface area contributed by atoms with Gasteiger partial charge in [0.15, 0.2) is 0 Å². The third-order valence-corrected chi connectivity index (χ3v) is 4.53. The second-order valence-electron chi connectivity index (χ2n) is 4.98. The van der Waals surface area contributed by atoms with E-state index < -0.39 is 16.9 Å². The van der Waals surface area contributed by atoms with Gasteiger partial charge in [0.1, 0.15) is 0 Å². The number of aliphatic hydroxyl groups excluding tert-OH is 1. The van der Waals surface area contributed by atoms with Crippen LogP contribution in [0, 0.1) is 6.92 Å². The van der Waals surface area contributed by atoms with Gasteiger partial charge in [-0.1, -0.05) is 48.0 Å². The first-order chi connectivity index (χ1) is 10.1. The van der Waals surface area contributed by atoms with Gasteiger partial charge in [0.05, 0.1) is 35.9 Å². The van der Waals surface area contributed by atoms with Crippen molar-refractivity contribution in [1.82, 2.24) is 0 Å². The van der Waals surface area contributed by atoms with E-state index in [-0.39, 0.29) is 12.4 Å². The van der Waals surface area contributed by atoms with Crippen molar-refractivity contribution in [2.45, 2.75) is 24.5 Å². The number of hydrogen-bond acceptors (Lipinski definition) is 3. The van der Waals surface area contributed by atoms with Crippen molar-refractivity contribution >= 4 is 10.8 Å². The van der Waals surface area contributed by atoms with Gasteiger partial charge in [0.25, 0.3) is 0 Å². The molecule has 2 aromatic rings. The topological polar surface area (TPSA) is 46.5 Å². The van der Waals surface area contributed by atoms with Crippen LogP contribution >= 0.6 is 0 Å². The first-order valence-corrected chi connectivity index (χ1v) is 8.22. The molecule has 112 valence electrons. The Balaban J connectivity index is 1.75. The molecular weight excluding hydrogens is 284 g/mol. The monoisotopic (exact) mass is 304 g/mol. The highest BCUT2D eigenvalue weighted by Crippen LogP contribution is 2.10. The lowest BCUT2D eigenvalue weighted by Gasteiger charge is -2.11. The summed E-state index contributed by atoms with van der Waals surface area (Å²) < 4.78 is 17.5. The maximum atomic E-state index is 12.1. The molecule has 0 saturated carbocycles. The molecule has 2 unspecified atom stereocenters. The zero-order valence-electron chi connectivity index (χ0n) is 12.1. The average molecular weight is 304 g/mol. The molecule has 0 aliphatic rings. The lowest BCUT2D eigenvalue weighted by molar-refractivity contribution is 0.0394. The van der Waals surface area contributed by atoms with Gasteiger partial charge in [-0.2, -0.15) is 0 Å². The van der Waals surface area contributed by atoms with Gasteiger partial charge >= 0.3 is 0 Å². The third-order valence-electron chi connectivity index (χ3n) is 3.05. The van der Waals surface area contributed by atoms with Gasteiger partial charge < -0.3 is 9.84 Å². The summed E-state index contributed by atoms with van der Waals surface area (Å²) >= 11 is 0. The highest BCUT2D eigenvalue weighted by Gasteiger charge is 2.11. The largest absolute Gasteiger partial charge is 0.390 e. The Morgan fingerprint density at radius 1 is 1.10 bits per heavy atom. The van der Waals surface area contributed by atoms with Gasteiger partial charge in [-0.3, -0.25) is 4.21 Å². The number of benzene rings is 2. The molecule has 2 aromatic carbocycles. The summed E-state index contributed by atoms with van der Waals surface area (Å²) in [4.78, 5) is 0.739. The van der Waals surface area contributed by atoms with Crippen LogP contribution in [0.4, 0.5) is 0 Å². The van der Waals surface area contributed by atoms with E-state index in [0.717, 1.165) is 16.0 Å². The van der Waals surface area contributed by atoms with Crippen molar-refractivity contribution in [3.8, 4) is 0 Å². The van der Waals surface area contributed by atoms with E-state index in [9.17, 15) is 9.32 Å². The Bertz CT molecular complexity index is 566. The van der Waals surface area contributed by atoms with Crippen LogP contribution in [0.15, 0.2) is 59.5 Å². The summed E-state index contributed by atoms with van der Waals surface area (Å²) in [5, 5.41) is 9.90. The fourth-order valence-corrected chi connectivity index (χ4v) is 2.97. The van der Waals surface area contributed by atoms with E-state index in [1.165, 1.54) is 0 Å². The Kier molecular flexibility index (Phi) is 6.11. The van der Waals surface area contributed by atoms with E-state index in [0.29, 0.717) is 6.61 Å². The Morgan fingerprint density at radius 2 is 1.76 bits per heavy atom. The van der Waals surface area contributed by atoms with E-state index in [4.69, 9.17) is 4.74 Å². The molecule has 0 spiro atoms. The van der Waals surface area contributed by atoms with Crippen LogP contribution in [-0.2, 0) is 22.1 Å². The normalized spacial score (nSPS) is 13.8. The zero-order valence-corrected chi connectivity index (χ0v) is 12.9. The standard InChI is InChI=1S/C17H20O3S/c1-14-7-9-17(10-8-14)21(19)13-16(18)12-20-11-15-5-3-2-4-6-15/h2-10,16,18H,11-13H2,1H3. The van der Waals surface area contributed by atoms with Gasteiger partial charge in [-0.05, 0) is 24.6 Å². The van der Waals surface area contributed by atoms with E-state index >= 15 is 0 Å². The SMILES string of the molecule is Cc1ccc(S(=O)CC(O)COCc2ccccc2)cc1. The molecule has 0 aliphatic heterocycles. The number of hydrogen-bond donors (Lipinski definition) is 1. The molecule has 0 radical (unpaired) electrons. The Morgan fingerprint density at radius 3 is 2.43 bits per heavy atom. The molecule has 0 aromatic heterocycles. The van der Waals surface area contributed by atoms with Gasteiger partial charge in [-0.15, -0.1) is 0 Å². The molecule has 0 aliphatic carbocycles.